The first-order chi connectivity index (χ1) is 32.0. The number of imidazole rings is 1. The van der Waals surface area contributed by atoms with Crippen molar-refractivity contribution in [3.63, 3.8) is 0 Å². The van der Waals surface area contributed by atoms with E-state index in [9.17, 15) is 19.2 Å². The lowest BCUT2D eigenvalue weighted by Crippen LogP contribution is -2.63. The number of hydrogen-bond acceptors (Lipinski definition) is 12. The Balaban J connectivity index is 0.694. The number of piperazine rings is 1. The number of hydrogen-bond donors (Lipinski definition) is 3. The molecular weight excluding hydrogens is 860 g/mol. The van der Waals surface area contributed by atoms with Gasteiger partial charge >= 0.3 is 6.03 Å². The summed E-state index contributed by atoms with van der Waals surface area (Å²) in [6.45, 7) is 8.44. The lowest BCUT2D eigenvalue weighted by Gasteiger charge is -2.56. The van der Waals surface area contributed by atoms with Crippen LogP contribution in [0, 0.1) is 18.3 Å². The second kappa shape index (κ2) is 17.1. The van der Waals surface area contributed by atoms with Crippen LogP contribution in [0.1, 0.15) is 95.6 Å². The number of aryl methyl sites for hydroxylation is 1. The Kier molecular flexibility index (Phi) is 11.2. The number of ether oxygens (including phenoxy) is 1. The van der Waals surface area contributed by atoms with E-state index in [1.165, 1.54) is 47.4 Å². The number of pyridine rings is 1. The van der Waals surface area contributed by atoms with Crippen LogP contribution < -0.4 is 25.8 Å². The molecule has 3 N–H and O–H groups in total. The van der Waals surface area contributed by atoms with Crippen molar-refractivity contribution >= 4 is 63.9 Å². The third kappa shape index (κ3) is 7.64. The fourth-order valence-corrected chi connectivity index (χ4v) is 12.4. The summed E-state index contributed by atoms with van der Waals surface area (Å²) in [4.78, 5) is 71.8. The van der Waals surface area contributed by atoms with Gasteiger partial charge in [-0.15, -0.1) is 5.10 Å². The minimum Gasteiger partial charge on any atom is -0.385 e. The van der Waals surface area contributed by atoms with Crippen LogP contribution in [0.4, 0.5) is 27.7 Å². The zero-order chi connectivity index (χ0) is 45.4. The van der Waals surface area contributed by atoms with Crippen LogP contribution in [0.25, 0.3) is 5.65 Å². The van der Waals surface area contributed by atoms with E-state index in [1.54, 1.807) is 30.8 Å². The Morgan fingerprint density at radius 2 is 1.73 bits per heavy atom. The number of rotatable bonds is 11. The van der Waals surface area contributed by atoms with Gasteiger partial charge in [0, 0.05) is 96.8 Å². The highest BCUT2D eigenvalue weighted by atomic mass is 35.5. The van der Waals surface area contributed by atoms with Crippen molar-refractivity contribution in [2.45, 2.75) is 102 Å². The first-order valence-electron chi connectivity index (χ1n) is 23.8. The van der Waals surface area contributed by atoms with Gasteiger partial charge in [-0.05, 0) is 99.3 Å². The van der Waals surface area contributed by atoms with Gasteiger partial charge in [-0.2, -0.15) is 0 Å². The summed E-state index contributed by atoms with van der Waals surface area (Å²) in [7, 11) is 3.56. The Labute approximate surface area is 389 Å². The van der Waals surface area contributed by atoms with Crippen molar-refractivity contribution in [3.8, 4) is 0 Å². The molecule has 1 spiro atoms. The Bertz CT molecular complexity index is 2600. The quantitative estimate of drug-likeness (QED) is 0.181. The lowest BCUT2D eigenvalue weighted by molar-refractivity contribution is -0.120. The van der Waals surface area contributed by atoms with Gasteiger partial charge in [0.2, 0.25) is 5.91 Å². The van der Waals surface area contributed by atoms with E-state index >= 15 is 0 Å². The smallest absolute Gasteiger partial charge is 0.328 e. The van der Waals surface area contributed by atoms with E-state index in [2.05, 4.69) is 58.8 Å². The molecule has 2 bridgehead atoms. The van der Waals surface area contributed by atoms with Crippen LogP contribution in [0.15, 0.2) is 36.5 Å². The van der Waals surface area contributed by atoms with Crippen LogP contribution in [0.2, 0.25) is 5.02 Å². The maximum atomic E-state index is 13.8. The predicted molar refractivity (Wildman–Crippen MR) is 250 cm³/mol. The summed E-state index contributed by atoms with van der Waals surface area (Å²) in [6, 6.07) is 10.9. The van der Waals surface area contributed by atoms with Crippen molar-refractivity contribution in [2.75, 3.05) is 75.1 Å². The maximum absolute atomic E-state index is 13.8. The fraction of sp³-hybridized carbons (Fsp3) is 0.562. The van der Waals surface area contributed by atoms with Gasteiger partial charge in [-0.3, -0.25) is 34.4 Å². The number of methoxy groups -OCH3 is 1. The molecule has 3 aromatic heterocycles. The Morgan fingerprint density at radius 3 is 2.44 bits per heavy atom. The van der Waals surface area contributed by atoms with Crippen molar-refractivity contribution in [2.24, 2.45) is 11.3 Å². The molecule has 7 fully saturated rings. The fourth-order valence-electron chi connectivity index (χ4n) is 12.2. The molecule has 12 rings (SSSR count). The van der Waals surface area contributed by atoms with Crippen molar-refractivity contribution in [3.05, 3.63) is 69.8 Å². The minimum atomic E-state index is -0.539. The number of carbonyl (C=O) groups is 4. The molecule has 1 unspecified atom stereocenters. The number of benzene rings is 1. The summed E-state index contributed by atoms with van der Waals surface area (Å²) >= 11 is 6.57. The molecule has 5 amide bonds. The normalized spacial score (nSPS) is 25.2. The van der Waals surface area contributed by atoms with E-state index in [0.29, 0.717) is 64.3 Å². The number of halogens is 1. The standard InChI is InChI=1S/C48H59ClN12O5/c1-28-43(49)38(60-16-12-42(62)54-47(60)65)19-36(52-28)46(64)56-17-13-48(14-18-56)21-29(22-48)24-57-26-32-8-7-31(57)27-58(32)25-30-5-4-6-37-33(30)11-15-59(37)41-20-35(50-2)44-51-23-39(61(44)55-41)45(63)53-34-9-10-40(34)66-3/h4-6,19-20,23,29,31-32,34,40,50H,7-18,21-22,24-27H2,1-3H3,(H,53,63)(H,54,62,65)/t31-,32?,34-,40-/m1/s1. The monoisotopic (exact) mass is 918 g/mol. The molecule has 18 heteroatoms. The molecule has 348 valence electrons. The van der Waals surface area contributed by atoms with Gasteiger partial charge in [-0.25, -0.2) is 19.3 Å². The van der Waals surface area contributed by atoms with Gasteiger partial charge in [0.05, 0.1) is 40.4 Å². The van der Waals surface area contributed by atoms with E-state index in [4.69, 9.17) is 21.4 Å². The Hall–Kier alpha value is -5.36. The average Bonchev–Trinajstić information content (AvgIpc) is 3.94. The average molecular weight is 920 g/mol. The number of aromatic nitrogens is 4. The number of piperidine rings is 3. The van der Waals surface area contributed by atoms with Crippen molar-refractivity contribution in [1.82, 2.24) is 44.9 Å². The number of likely N-dealkylation sites (tertiary alicyclic amines) is 1. The molecule has 9 heterocycles. The first-order valence-corrected chi connectivity index (χ1v) is 24.2. The number of nitrogens with zero attached hydrogens (tertiary/aromatic N) is 9. The topological polar surface area (TPSA) is 173 Å². The molecule has 0 radical (unpaired) electrons. The van der Waals surface area contributed by atoms with Crippen LogP contribution >= 0.6 is 11.6 Å². The number of nitrogens with one attached hydrogen (secondary N) is 3. The minimum absolute atomic E-state index is 0.00869. The summed E-state index contributed by atoms with van der Waals surface area (Å²) in [5.41, 5.74) is 7.25. The highest BCUT2D eigenvalue weighted by Gasteiger charge is 2.49. The number of fused-ring (bicyclic) bond motifs is 5. The molecule has 4 aromatic rings. The number of carbonyl (C=O) groups excluding carboxylic acids is 4. The number of amides is 5. The van der Waals surface area contributed by atoms with Crippen LogP contribution in [-0.4, -0.2) is 142 Å². The van der Waals surface area contributed by atoms with E-state index < -0.39 is 6.03 Å². The number of anilines is 4. The van der Waals surface area contributed by atoms with E-state index in [0.717, 1.165) is 76.3 Å². The van der Waals surface area contributed by atoms with Gasteiger partial charge in [0.1, 0.15) is 5.69 Å². The number of imide groups is 1. The van der Waals surface area contributed by atoms with Crippen LogP contribution in [-0.2, 0) is 22.5 Å². The summed E-state index contributed by atoms with van der Waals surface area (Å²) < 4.78 is 7.19. The van der Waals surface area contributed by atoms with Gasteiger partial charge in [0.25, 0.3) is 11.8 Å². The molecule has 2 aliphatic carbocycles. The van der Waals surface area contributed by atoms with Gasteiger partial charge < -0.3 is 25.2 Å². The third-order valence-corrected chi connectivity index (χ3v) is 16.5. The van der Waals surface area contributed by atoms with Crippen molar-refractivity contribution < 1.29 is 23.9 Å². The highest BCUT2D eigenvalue weighted by Crippen LogP contribution is 2.53. The molecule has 8 aliphatic rings. The molecule has 1 aromatic carbocycles. The molecule has 17 nitrogen and oxygen atoms in total. The SMILES string of the molecule is CNc1cc(N2CCc3c(CN4C[C@H]5CCC4CN5CC4CC5(CCN(C(=O)c6cc(N7CCC(=O)NC7=O)c(Cl)c(C)n6)CC5)C4)cccc32)nn2c(C(=O)N[C@@H]3CC[C@H]3OC)cnc12. The molecule has 4 atom stereocenters. The van der Waals surface area contributed by atoms with Crippen LogP contribution in [0.5, 0.6) is 0 Å². The van der Waals surface area contributed by atoms with Gasteiger partial charge in [-0.1, -0.05) is 23.7 Å². The zero-order valence-corrected chi connectivity index (χ0v) is 38.8. The van der Waals surface area contributed by atoms with E-state index in [-0.39, 0.29) is 48.5 Å². The molecule has 66 heavy (non-hydrogen) atoms. The second-order valence-electron chi connectivity index (χ2n) is 19.8. The summed E-state index contributed by atoms with van der Waals surface area (Å²) in [5.74, 6) is 0.800. The molecule has 2 saturated carbocycles. The first kappa shape index (κ1) is 43.2. The predicted octanol–water partition coefficient (Wildman–Crippen LogP) is 5.16. The molecule has 6 aliphatic heterocycles. The summed E-state index contributed by atoms with van der Waals surface area (Å²) in [5, 5.41) is 14.1. The largest absolute Gasteiger partial charge is 0.385 e. The van der Waals surface area contributed by atoms with Crippen molar-refractivity contribution in [1.29, 1.82) is 0 Å². The maximum Gasteiger partial charge on any atom is 0.328 e. The highest BCUT2D eigenvalue weighted by molar-refractivity contribution is 6.34. The Morgan fingerprint density at radius 1 is 0.955 bits per heavy atom. The summed E-state index contributed by atoms with van der Waals surface area (Å²) in [6.07, 6.45) is 11.5. The van der Waals surface area contributed by atoms with Gasteiger partial charge in [0.15, 0.2) is 17.2 Å². The molecule has 5 saturated heterocycles. The second-order valence-corrected chi connectivity index (χ2v) is 20.2. The number of urea groups is 1. The third-order valence-electron chi connectivity index (χ3n) is 16.0. The lowest BCUT2D eigenvalue weighted by atomic mass is 9.57. The molecular formula is C48H59ClN12O5. The van der Waals surface area contributed by atoms with Crippen LogP contribution in [0.3, 0.4) is 0 Å². The van der Waals surface area contributed by atoms with E-state index in [1.807, 2.05) is 18.0 Å². The zero-order valence-electron chi connectivity index (χ0n) is 38.0.